The molecule has 5 rings (SSSR count). The maximum absolute atomic E-state index is 12.6. The summed E-state index contributed by atoms with van der Waals surface area (Å²) in [5.74, 6) is 0. The lowest BCUT2D eigenvalue weighted by molar-refractivity contribution is 0.0123. The predicted octanol–water partition coefficient (Wildman–Crippen LogP) is 4.66. The Morgan fingerprint density at radius 1 is 1.15 bits per heavy atom. The number of aromatic amines is 1. The van der Waals surface area contributed by atoms with Gasteiger partial charge in [-0.2, -0.15) is 0 Å². The third kappa shape index (κ3) is 3.01. The van der Waals surface area contributed by atoms with E-state index >= 15 is 0 Å². The molecule has 6 heteroatoms. The summed E-state index contributed by atoms with van der Waals surface area (Å²) in [5, 5.41) is 5.18. The van der Waals surface area contributed by atoms with Crippen LogP contribution in [0.5, 0.6) is 0 Å². The van der Waals surface area contributed by atoms with Crippen molar-refractivity contribution in [2.75, 3.05) is 6.61 Å². The number of hydrogen-bond acceptors (Lipinski definition) is 4. The van der Waals surface area contributed by atoms with Crippen LogP contribution < -0.4 is 5.56 Å². The molecule has 1 N–H and O–H groups in total. The van der Waals surface area contributed by atoms with Gasteiger partial charge >= 0.3 is 0 Å². The van der Waals surface area contributed by atoms with E-state index in [0.717, 1.165) is 42.0 Å². The van der Waals surface area contributed by atoms with Crippen LogP contribution in [0.4, 0.5) is 0 Å². The zero-order valence-electron chi connectivity index (χ0n) is 14.7. The molecule has 1 aromatic carbocycles. The monoisotopic (exact) mass is 377 g/mol. The maximum atomic E-state index is 12.6. The number of hydrogen-bond donors (Lipinski definition) is 1. The van der Waals surface area contributed by atoms with Gasteiger partial charge in [-0.25, -0.2) is 9.50 Å². The van der Waals surface area contributed by atoms with Crippen molar-refractivity contribution in [2.45, 2.75) is 25.4 Å². The molecule has 3 aromatic heterocycles. The molecule has 136 valence electrons. The minimum atomic E-state index is -0.102. The van der Waals surface area contributed by atoms with Gasteiger partial charge in [0.15, 0.2) is 5.65 Å². The van der Waals surface area contributed by atoms with Gasteiger partial charge in [0.25, 0.3) is 5.56 Å². The van der Waals surface area contributed by atoms with Gasteiger partial charge in [0, 0.05) is 23.7 Å². The number of aromatic nitrogens is 3. The van der Waals surface area contributed by atoms with E-state index in [1.165, 1.54) is 15.6 Å². The Balaban J connectivity index is 1.58. The number of fused-ring (bicyclic) bond motifs is 1. The van der Waals surface area contributed by atoms with Crippen molar-refractivity contribution < 1.29 is 4.74 Å². The molecule has 4 heterocycles. The SMILES string of the molecule is O=c1cc(C2CCCCO2)nc2c(-c3cc(-c4ccccc4)cs3)c[nH]n12. The van der Waals surface area contributed by atoms with Crippen LogP contribution in [0.25, 0.3) is 27.2 Å². The van der Waals surface area contributed by atoms with Gasteiger partial charge in [0.1, 0.15) is 0 Å². The highest BCUT2D eigenvalue weighted by molar-refractivity contribution is 7.14. The van der Waals surface area contributed by atoms with Crippen molar-refractivity contribution >= 4 is 17.0 Å². The average molecular weight is 377 g/mol. The van der Waals surface area contributed by atoms with Gasteiger partial charge in [-0.05, 0) is 41.8 Å². The molecule has 1 fully saturated rings. The summed E-state index contributed by atoms with van der Waals surface area (Å²) in [6.45, 7) is 0.733. The lowest BCUT2D eigenvalue weighted by Gasteiger charge is -2.21. The number of rotatable bonds is 3. The van der Waals surface area contributed by atoms with Gasteiger partial charge in [-0.3, -0.25) is 9.89 Å². The van der Waals surface area contributed by atoms with Crippen molar-refractivity contribution in [3.05, 3.63) is 70.1 Å². The molecule has 1 atom stereocenters. The maximum Gasteiger partial charge on any atom is 0.273 e. The van der Waals surface area contributed by atoms with Crippen LogP contribution in [0.2, 0.25) is 0 Å². The highest BCUT2D eigenvalue weighted by Gasteiger charge is 2.20. The summed E-state index contributed by atoms with van der Waals surface area (Å²) < 4.78 is 7.34. The first-order valence-electron chi connectivity index (χ1n) is 9.16. The molecule has 0 aliphatic carbocycles. The van der Waals surface area contributed by atoms with E-state index in [0.29, 0.717) is 5.65 Å². The van der Waals surface area contributed by atoms with Crippen molar-refractivity contribution in [1.82, 2.24) is 14.6 Å². The van der Waals surface area contributed by atoms with Crippen molar-refractivity contribution in [2.24, 2.45) is 0 Å². The fourth-order valence-corrected chi connectivity index (χ4v) is 4.51. The van der Waals surface area contributed by atoms with E-state index < -0.39 is 0 Å². The van der Waals surface area contributed by atoms with Crippen LogP contribution in [0.15, 0.2) is 58.8 Å². The van der Waals surface area contributed by atoms with Gasteiger partial charge < -0.3 is 4.74 Å². The molecule has 1 saturated heterocycles. The van der Waals surface area contributed by atoms with Gasteiger partial charge in [0.2, 0.25) is 0 Å². The van der Waals surface area contributed by atoms with E-state index in [1.54, 1.807) is 17.4 Å². The zero-order chi connectivity index (χ0) is 18.2. The predicted molar refractivity (Wildman–Crippen MR) is 107 cm³/mol. The van der Waals surface area contributed by atoms with Crippen LogP contribution >= 0.6 is 11.3 Å². The lowest BCUT2D eigenvalue weighted by atomic mass is 10.1. The first-order valence-corrected chi connectivity index (χ1v) is 10.0. The highest BCUT2D eigenvalue weighted by Crippen LogP contribution is 2.34. The number of nitrogens with zero attached hydrogens (tertiary/aromatic N) is 2. The highest BCUT2D eigenvalue weighted by atomic mass is 32.1. The van der Waals surface area contributed by atoms with Crippen LogP contribution in [-0.2, 0) is 4.74 Å². The molecule has 0 saturated carbocycles. The van der Waals surface area contributed by atoms with Crippen LogP contribution in [0.3, 0.4) is 0 Å². The summed E-state index contributed by atoms with van der Waals surface area (Å²) in [6, 6.07) is 14.0. The van der Waals surface area contributed by atoms with E-state index in [1.807, 2.05) is 24.4 Å². The van der Waals surface area contributed by atoms with E-state index in [9.17, 15) is 4.79 Å². The molecule has 27 heavy (non-hydrogen) atoms. The Kier molecular flexibility index (Phi) is 4.14. The number of thiophene rings is 1. The van der Waals surface area contributed by atoms with Crippen LogP contribution in [0.1, 0.15) is 31.1 Å². The molecule has 0 amide bonds. The molecule has 0 spiro atoms. The number of benzene rings is 1. The first-order chi connectivity index (χ1) is 13.3. The van der Waals surface area contributed by atoms with Gasteiger partial charge in [0.05, 0.1) is 17.4 Å². The summed E-state index contributed by atoms with van der Waals surface area (Å²) in [4.78, 5) is 18.4. The Morgan fingerprint density at radius 2 is 2.04 bits per heavy atom. The average Bonchev–Trinajstić information content (AvgIpc) is 3.36. The molecule has 5 nitrogen and oxygen atoms in total. The first kappa shape index (κ1) is 16.5. The molecule has 1 aliphatic rings. The van der Waals surface area contributed by atoms with Crippen LogP contribution in [-0.4, -0.2) is 21.2 Å². The van der Waals surface area contributed by atoms with Crippen molar-refractivity contribution in [1.29, 1.82) is 0 Å². The second-order valence-corrected chi connectivity index (χ2v) is 7.70. The van der Waals surface area contributed by atoms with Crippen molar-refractivity contribution in [3.63, 3.8) is 0 Å². The Bertz CT molecular complexity index is 1140. The smallest absolute Gasteiger partial charge is 0.273 e. The van der Waals surface area contributed by atoms with E-state index in [2.05, 4.69) is 28.7 Å². The lowest BCUT2D eigenvalue weighted by Crippen LogP contribution is -2.20. The molecule has 0 bridgehead atoms. The van der Waals surface area contributed by atoms with E-state index in [4.69, 9.17) is 9.72 Å². The molecule has 0 radical (unpaired) electrons. The number of H-pyrrole nitrogens is 1. The molecule has 1 unspecified atom stereocenters. The second kappa shape index (κ2) is 6.79. The molecule has 1 aliphatic heterocycles. The standard InChI is InChI=1S/C21H19N3O2S/c25-20-11-17(18-8-4-5-9-26-18)23-21-16(12-22-24(20)21)19-10-15(13-27-19)14-6-2-1-3-7-14/h1-3,6-7,10-13,18,22H,4-5,8-9H2. The summed E-state index contributed by atoms with van der Waals surface area (Å²) in [5.41, 5.74) is 4.59. The minimum Gasteiger partial charge on any atom is -0.372 e. The Labute approximate surface area is 160 Å². The third-order valence-electron chi connectivity index (χ3n) is 5.00. The topological polar surface area (TPSA) is 59.4 Å². The second-order valence-electron chi connectivity index (χ2n) is 6.79. The van der Waals surface area contributed by atoms with Crippen LogP contribution in [0, 0.1) is 0 Å². The number of nitrogens with one attached hydrogen (secondary N) is 1. The molecule has 4 aromatic rings. The molecular weight excluding hydrogens is 358 g/mol. The third-order valence-corrected chi connectivity index (χ3v) is 5.96. The summed E-state index contributed by atoms with van der Waals surface area (Å²) >= 11 is 1.66. The summed E-state index contributed by atoms with van der Waals surface area (Å²) in [7, 11) is 0. The Hall–Kier alpha value is -2.70. The normalized spacial score (nSPS) is 17.4. The fourth-order valence-electron chi connectivity index (χ4n) is 3.58. The van der Waals surface area contributed by atoms with E-state index in [-0.39, 0.29) is 11.7 Å². The number of ether oxygens (including phenoxy) is 1. The van der Waals surface area contributed by atoms with Gasteiger partial charge in [-0.1, -0.05) is 30.3 Å². The van der Waals surface area contributed by atoms with Crippen molar-refractivity contribution in [3.8, 4) is 21.6 Å². The molecular formula is C21H19N3O2S. The fraction of sp³-hybridized carbons (Fsp3) is 0.238. The Morgan fingerprint density at radius 3 is 2.85 bits per heavy atom. The zero-order valence-corrected chi connectivity index (χ0v) is 15.5. The largest absolute Gasteiger partial charge is 0.372 e. The van der Waals surface area contributed by atoms with Gasteiger partial charge in [-0.15, -0.1) is 11.3 Å². The summed E-state index contributed by atoms with van der Waals surface area (Å²) in [6.07, 6.45) is 4.87. The quantitative estimate of drug-likeness (QED) is 0.565. The minimum absolute atomic E-state index is 0.0811.